The molecule has 0 bridgehead atoms. The molecule has 0 aliphatic carbocycles. The standard InChI is InChI=1S/C17H19ClN4O3S/c1-17(2,3)25-16(24)22-7-5-11-13(9-22)26-15(20-11)21-14(23)12-8-10(18)4-6-19-12/h4,6,8H,5,7,9H2,1-3H3,(H,20,21,23). The van der Waals surface area contributed by atoms with Crippen molar-refractivity contribution in [2.45, 2.75) is 39.3 Å². The summed E-state index contributed by atoms with van der Waals surface area (Å²) in [6.07, 6.45) is 1.75. The molecule has 2 aromatic heterocycles. The van der Waals surface area contributed by atoms with Gasteiger partial charge in [0.15, 0.2) is 5.13 Å². The predicted molar refractivity (Wildman–Crippen MR) is 99.7 cm³/mol. The number of hydrogen-bond acceptors (Lipinski definition) is 6. The van der Waals surface area contributed by atoms with Crippen LogP contribution in [0.1, 0.15) is 41.8 Å². The summed E-state index contributed by atoms with van der Waals surface area (Å²) in [7, 11) is 0. The molecule has 138 valence electrons. The smallest absolute Gasteiger partial charge is 0.410 e. The van der Waals surface area contributed by atoms with Gasteiger partial charge in [0.2, 0.25) is 0 Å². The highest BCUT2D eigenvalue weighted by Gasteiger charge is 2.28. The largest absolute Gasteiger partial charge is 0.444 e. The molecule has 1 aliphatic rings. The van der Waals surface area contributed by atoms with E-state index in [-0.39, 0.29) is 17.7 Å². The van der Waals surface area contributed by atoms with Gasteiger partial charge in [-0.15, -0.1) is 0 Å². The number of anilines is 1. The van der Waals surface area contributed by atoms with Crippen molar-refractivity contribution in [3.63, 3.8) is 0 Å². The third-order valence-electron chi connectivity index (χ3n) is 3.56. The third kappa shape index (κ3) is 4.50. The minimum Gasteiger partial charge on any atom is -0.444 e. The first kappa shape index (κ1) is 18.6. The van der Waals surface area contributed by atoms with Gasteiger partial charge in [0.05, 0.1) is 12.2 Å². The van der Waals surface area contributed by atoms with Crippen LogP contribution in [0.2, 0.25) is 5.02 Å². The van der Waals surface area contributed by atoms with Crippen molar-refractivity contribution in [3.8, 4) is 0 Å². The molecule has 0 spiro atoms. The molecule has 0 atom stereocenters. The maximum atomic E-state index is 12.3. The molecule has 2 amide bonds. The zero-order chi connectivity index (χ0) is 18.9. The fourth-order valence-corrected chi connectivity index (χ4v) is 3.60. The highest BCUT2D eigenvalue weighted by Crippen LogP contribution is 2.29. The lowest BCUT2D eigenvalue weighted by atomic mass is 10.2. The van der Waals surface area contributed by atoms with Gasteiger partial charge in [-0.05, 0) is 32.9 Å². The van der Waals surface area contributed by atoms with E-state index in [9.17, 15) is 9.59 Å². The van der Waals surface area contributed by atoms with Crippen molar-refractivity contribution in [1.82, 2.24) is 14.9 Å². The predicted octanol–water partition coefficient (Wildman–Crippen LogP) is 3.74. The highest BCUT2D eigenvalue weighted by molar-refractivity contribution is 7.15. The van der Waals surface area contributed by atoms with E-state index in [0.717, 1.165) is 10.6 Å². The second kappa shape index (κ2) is 7.20. The van der Waals surface area contributed by atoms with Gasteiger partial charge in [0.25, 0.3) is 5.91 Å². The summed E-state index contributed by atoms with van der Waals surface area (Å²) in [6.45, 7) is 6.47. The van der Waals surface area contributed by atoms with Crippen molar-refractivity contribution in [2.24, 2.45) is 0 Å². The number of thiazole rings is 1. The molecule has 2 aromatic rings. The molecular weight excluding hydrogens is 376 g/mol. The summed E-state index contributed by atoms with van der Waals surface area (Å²) >= 11 is 7.23. The summed E-state index contributed by atoms with van der Waals surface area (Å²) in [5, 5.41) is 3.66. The lowest BCUT2D eigenvalue weighted by molar-refractivity contribution is 0.0225. The lowest BCUT2D eigenvalue weighted by Gasteiger charge is -2.29. The Bertz CT molecular complexity index is 847. The number of rotatable bonds is 2. The number of amides is 2. The second-order valence-corrected chi connectivity index (χ2v) is 8.37. The number of ether oxygens (including phenoxy) is 1. The molecule has 3 heterocycles. The SMILES string of the molecule is CC(C)(C)OC(=O)N1CCc2nc(NC(=O)c3cc(Cl)ccn3)sc2C1. The average molecular weight is 395 g/mol. The fourth-order valence-electron chi connectivity index (χ4n) is 2.42. The van der Waals surface area contributed by atoms with Crippen LogP contribution in [0.5, 0.6) is 0 Å². The summed E-state index contributed by atoms with van der Waals surface area (Å²) in [5.74, 6) is -0.373. The first-order chi connectivity index (χ1) is 12.2. The van der Waals surface area contributed by atoms with Gasteiger partial charge < -0.3 is 9.64 Å². The number of carbonyl (C=O) groups is 2. The van der Waals surface area contributed by atoms with E-state index in [0.29, 0.717) is 29.7 Å². The van der Waals surface area contributed by atoms with Gasteiger partial charge in [0.1, 0.15) is 11.3 Å². The first-order valence-electron chi connectivity index (χ1n) is 8.11. The molecular formula is C17H19ClN4O3S. The van der Waals surface area contributed by atoms with Gasteiger partial charge in [-0.3, -0.25) is 15.1 Å². The van der Waals surface area contributed by atoms with Crippen LogP contribution in [0.15, 0.2) is 18.3 Å². The highest BCUT2D eigenvalue weighted by atomic mass is 35.5. The molecule has 0 aromatic carbocycles. The van der Waals surface area contributed by atoms with E-state index >= 15 is 0 Å². The number of halogens is 1. The molecule has 0 saturated carbocycles. The Labute approximate surface area is 160 Å². The van der Waals surface area contributed by atoms with Gasteiger partial charge in [-0.1, -0.05) is 22.9 Å². The monoisotopic (exact) mass is 394 g/mol. The summed E-state index contributed by atoms with van der Waals surface area (Å²) in [5.41, 5.74) is 0.582. The van der Waals surface area contributed by atoms with Crippen LogP contribution in [0.4, 0.5) is 9.93 Å². The molecule has 1 N–H and O–H groups in total. The maximum Gasteiger partial charge on any atom is 0.410 e. The Balaban J connectivity index is 1.68. The average Bonchev–Trinajstić information content (AvgIpc) is 2.94. The number of nitrogens with zero attached hydrogens (tertiary/aromatic N) is 3. The lowest BCUT2D eigenvalue weighted by Crippen LogP contribution is -2.39. The number of nitrogens with one attached hydrogen (secondary N) is 1. The molecule has 0 radical (unpaired) electrons. The van der Waals surface area contributed by atoms with Crippen molar-refractivity contribution in [3.05, 3.63) is 39.6 Å². The van der Waals surface area contributed by atoms with Gasteiger partial charge in [-0.2, -0.15) is 0 Å². The molecule has 3 rings (SSSR count). The van der Waals surface area contributed by atoms with Gasteiger partial charge in [-0.25, -0.2) is 9.78 Å². The zero-order valence-corrected chi connectivity index (χ0v) is 16.3. The Hall–Kier alpha value is -2.19. The third-order valence-corrected chi connectivity index (χ3v) is 4.79. The van der Waals surface area contributed by atoms with Crippen LogP contribution in [0.3, 0.4) is 0 Å². The van der Waals surface area contributed by atoms with Crippen LogP contribution in [0, 0.1) is 0 Å². The maximum absolute atomic E-state index is 12.3. The molecule has 0 unspecified atom stereocenters. The van der Waals surface area contributed by atoms with E-state index in [1.165, 1.54) is 23.6 Å². The second-order valence-electron chi connectivity index (χ2n) is 6.85. The zero-order valence-electron chi connectivity index (χ0n) is 14.7. The van der Waals surface area contributed by atoms with Crippen LogP contribution >= 0.6 is 22.9 Å². The van der Waals surface area contributed by atoms with Crippen LogP contribution < -0.4 is 5.32 Å². The Morgan fingerprint density at radius 1 is 1.38 bits per heavy atom. The fraction of sp³-hybridized carbons (Fsp3) is 0.412. The number of aromatic nitrogens is 2. The molecule has 0 saturated heterocycles. The van der Waals surface area contributed by atoms with E-state index in [2.05, 4.69) is 15.3 Å². The number of pyridine rings is 1. The molecule has 9 heteroatoms. The molecule has 0 fully saturated rings. The van der Waals surface area contributed by atoms with E-state index in [1.54, 1.807) is 11.0 Å². The molecule has 26 heavy (non-hydrogen) atoms. The molecule has 1 aliphatic heterocycles. The van der Waals surface area contributed by atoms with E-state index in [4.69, 9.17) is 16.3 Å². The number of hydrogen-bond donors (Lipinski definition) is 1. The Kier molecular flexibility index (Phi) is 5.15. The van der Waals surface area contributed by atoms with Crippen LogP contribution in [-0.2, 0) is 17.7 Å². The van der Waals surface area contributed by atoms with Crippen LogP contribution in [-0.4, -0.2) is 39.0 Å². The van der Waals surface area contributed by atoms with E-state index < -0.39 is 5.60 Å². The van der Waals surface area contributed by atoms with Gasteiger partial charge >= 0.3 is 6.09 Å². The normalized spacial score (nSPS) is 13.9. The summed E-state index contributed by atoms with van der Waals surface area (Å²) in [4.78, 5) is 35.5. The number of fused-ring (bicyclic) bond motifs is 1. The van der Waals surface area contributed by atoms with Crippen molar-refractivity contribution in [2.75, 3.05) is 11.9 Å². The topological polar surface area (TPSA) is 84.4 Å². The van der Waals surface area contributed by atoms with E-state index in [1.807, 2.05) is 20.8 Å². The van der Waals surface area contributed by atoms with Crippen molar-refractivity contribution in [1.29, 1.82) is 0 Å². The minimum atomic E-state index is -0.534. The molecule has 7 nitrogen and oxygen atoms in total. The Morgan fingerprint density at radius 2 is 2.15 bits per heavy atom. The van der Waals surface area contributed by atoms with Crippen molar-refractivity contribution >= 4 is 40.1 Å². The minimum absolute atomic E-state index is 0.223. The van der Waals surface area contributed by atoms with Crippen LogP contribution in [0.25, 0.3) is 0 Å². The number of carbonyl (C=O) groups excluding carboxylic acids is 2. The summed E-state index contributed by atoms with van der Waals surface area (Å²) in [6, 6.07) is 3.10. The first-order valence-corrected chi connectivity index (χ1v) is 9.30. The summed E-state index contributed by atoms with van der Waals surface area (Å²) < 4.78 is 5.41. The quantitative estimate of drug-likeness (QED) is 0.838. The van der Waals surface area contributed by atoms with Crippen molar-refractivity contribution < 1.29 is 14.3 Å². The van der Waals surface area contributed by atoms with Gasteiger partial charge in [0, 0.05) is 29.1 Å². The Morgan fingerprint density at radius 3 is 2.85 bits per heavy atom.